The molecule has 0 saturated carbocycles. The van der Waals surface area contributed by atoms with E-state index < -0.39 is 5.97 Å². The van der Waals surface area contributed by atoms with Crippen molar-refractivity contribution >= 4 is 17.3 Å². The fourth-order valence-corrected chi connectivity index (χ4v) is 2.13. The highest BCUT2D eigenvalue weighted by Gasteiger charge is 2.17. The number of hydrogen-bond donors (Lipinski definition) is 0. The van der Waals surface area contributed by atoms with Crippen LogP contribution in [0.15, 0.2) is 12.4 Å². The Morgan fingerprint density at radius 3 is 2.53 bits per heavy atom. The lowest BCUT2D eigenvalue weighted by Gasteiger charge is -1.95. The third-order valence-corrected chi connectivity index (χ3v) is 3.11. The Balaban J connectivity index is 2.41. The van der Waals surface area contributed by atoms with E-state index in [4.69, 9.17) is 0 Å². The lowest BCUT2D eigenvalue weighted by molar-refractivity contribution is 0.0594. The van der Waals surface area contributed by atoms with E-state index in [0.717, 1.165) is 10.4 Å². The second kappa shape index (κ2) is 4.58. The molecule has 0 radical (unpaired) electrons. The molecular weight excluding hydrogens is 238 g/mol. The highest BCUT2D eigenvalue weighted by atomic mass is 32.1. The summed E-state index contributed by atoms with van der Waals surface area (Å²) in [6.45, 7) is 3.73. The van der Waals surface area contributed by atoms with Crippen molar-refractivity contribution in [3.05, 3.63) is 28.5 Å². The Morgan fingerprint density at radius 2 is 1.94 bits per heavy atom. The van der Waals surface area contributed by atoms with Crippen molar-refractivity contribution in [3.63, 3.8) is 0 Å². The summed E-state index contributed by atoms with van der Waals surface area (Å²) in [5.74, 6) is 0.0935. The number of carbonyl (C=O) groups excluding carboxylic acids is 1. The maximum Gasteiger partial charge on any atom is 0.357 e. The SMILES string of the molecule is COC(=O)c1nc(-c2ncc(C)cn2)sc1C. The van der Waals surface area contributed by atoms with Gasteiger partial charge in [-0.1, -0.05) is 0 Å². The molecule has 0 amide bonds. The number of thiazole rings is 1. The number of aromatic nitrogens is 3. The van der Waals surface area contributed by atoms with E-state index >= 15 is 0 Å². The van der Waals surface area contributed by atoms with Crippen molar-refractivity contribution in [2.45, 2.75) is 13.8 Å². The third-order valence-electron chi connectivity index (χ3n) is 2.15. The van der Waals surface area contributed by atoms with E-state index in [2.05, 4.69) is 19.7 Å². The summed E-state index contributed by atoms with van der Waals surface area (Å²) in [5, 5.41) is 0.628. The Morgan fingerprint density at radius 1 is 1.29 bits per heavy atom. The summed E-state index contributed by atoms with van der Waals surface area (Å²) in [6, 6.07) is 0. The van der Waals surface area contributed by atoms with Gasteiger partial charge in [0, 0.05) is 17.3 Å². The molecule has 0 aliphatic rings. The van der Waals surface area contributed by atoms with Crippen LogP contribution in [-0.4, -0.2) is 28.0 Å². The molecule has 0 bridgehead atoms. The highest BCUT2D eigenvalue weighted by Crippen LogP contribution is 2.25. The van der Waals surface area contributed by atoms with Crippen LogP contribution >= 0.6 is 11.3 Å². The molecule has 2 rings (SSSR count). The first kappa shape index (κ1) is 11.7. The molecule has 0 atom stereocenters. The first-order valence-corrected chi connectivity index (χ1v) is 5.78. The number of methoxy groups -OCH3 is 1. The zero-order chi connectivity index (χ0) is 12.4. The topological polar surface area (TPSA) is 65.0 Å². The van der Waals surface area contributed by atoms with Gasteiger partial charge in [-0.2, -0.15) is 0 Å². The molecule has 0 fully saturated rings. The average Bonchev–Trinajstić information content (AvgIpc) is 2.71. The van der Waals surface area contributed by atoms with E-state index in [1.165, 1.54) is 18.4 Å². The van der Waals surface area contributed by atoms with E-state index in [-0.39, 0.29) is 0 Å². The van der Waals surface area contributed by atoms with Gasteiger partial charge in [0.2, 0.25) is 0 Å². The zero-order valence-electron chi connectivity index (χ0n) is 9.72. The molecule has 17 heavy (non-hydrogen) atoms. The Bertz CT molecular complexity index is 548. The molecular formula is C11H11N3O2S. The van der Waals surface area contributed by atoms with E-state index in [9.17, 15) is 4.79 Å². The zero-order valence-corrected chi connectivity index (χ0v) is 10.5. The van der Waals surface area contributed by atoms with Gasteiger partial charge in [0.1, 0.15) is 0 Å². The number of esters is 1. The van der Waals surface area contributed by atoms with E-state index in [1.807, 2.05) is 13.8 Å². The molecule has 0 aliphatic carbocycles. The molecule has 6 heteroatoms. The molecule has 88 valence electrons. The van der Waals surface area contributed by atoms with Crippen LogP contribution in [0.4, 0.5) is 0 Å². The molecule has 2 heterocycles. The fraction of sp³-hybridized carbons (Fsp3) is 0.273. The minimum absolute atomic E-state index is 0.330. The molecule has 5 nitrogen and oxygen atoms in total. The monoisotopic (exact) mass is 249 g/mol. The van der Waals surface area contributed by atoms with Gasteiger partial charge >= 0.3 is 5.97 Å². The molecule has 0 spiro atoms. The average molecular weight is 249 g/mol. The third kappa shape index (κ3) is 2.31. The smallest absolute Gasteiger partial charge is 0.357 e. The van der Waals surface area contributed by atoms with Crippen molar-refractivity contribution in [2.75, 3.05) is 7.11 Å². The highest BCUT2D eigenvalue weighted by molar-refractivity contribution is 7.15. The second-order valence-electron chi connectivity index (χ2n) is 3.50. The van der Waals surface area contributed by atoms with Crippen molar-refractivity contribution in [1.82, 2.24) is 15.0 Å². The van der Waals surface area contributed by atoms with Gasteiger partial charge in [0.15, 0.2) is 16.5 Å². The van der Waals surface area contributed by atoms with Crippen LogP contribution in [0.3, 0.4) is 0 Å². The van der Waals surface area contributed by atoms with E-state index in [0.29, 0.717) is 16.5 Å². The van der Waals surface area contributed by atoms with Crippen LogP contribution in [0, 0.1) is 13.8 Å². The van der Waals surface area contributed by atoms with Crippen LogP contribution in [0.2, 0.25) is 0 Å². The lowest BCUT2D eigenvalue weighted by Crippen LogP contribution is -2.03. The first-order chi connectivity index (χ1) is 8.11. The number of rotatable bonds is 2. The summed E-state index contributed by atoms with van der Waals surface area (Å²) >= 11 is 1.38. The minimum Gasteiger partial charge on any atom is -0.464 e. The standard InChI is InChI=1S/C11H11N3O2S/c1-6-4-12-9(13-5-6)10-14-8(7(2)17-10)11(15)16-3/h4-5H,1-3H3. The molecule has 0 N–H and O–H groups in total. The van der Waals surface area contributed by atoms with Crippen LogP contribution in [-0.2, 0) is 4.74 Å². The van der Waals surface area contributed by atoms with Gasteiger partial charge in [0.05, 0.1) is 7.11 Å². The number of hydrogen-bond acceptors (Lipinski definition) is 6. The van der Waals surface area contributed by atoms with Gasteiger partial charge in [-0.15, -0.1) is 11.3 Å². The maximum atomic E-state index is 11.4. The number of nitrogens with zero attached hydrogens (tertiary/aromatic N) is 3. The molecule has 2 aromatic rings. The molecule has 0 aliphatic heterocycles. The summed E-state index contributed by atoms with van der Waals surface area (Å²) in [5.41, 5.74) is 1.31. The summed E-state index contributed by atoms with van der Waals surface area (Å²) in [6.07, 6.45) is 3.44. The second-order valence-corrected chi connectivity index (χ2v) is 4.70. The van der Waals surface area contributed by atoms with E-state index in [1.54, 1.807) is 12.4 Å². The summed E-state index contributed by atoms with van der Waals surface area (Å²) < 4.78 is 4.65. The normalized spacial score (nSPS) is 10.3. The molecule has 0 aromatic carbocycles. The van der Waals surface area contributed by atoms with Crippen molar-refractivity contribution in [2.24, 2.45) is 0 Å². The number of carbonyl (C=O) groups is 1. The largest absolute Gasteiger partial charge is 0.464 e. The van der Waals surface area contributed by atoms with Gasteiger partial charge < -0.3 is 4.74 Å². The number of aryl methyl sites for hydroxylation is 2. The predicted molar refractivity (Wildman–Crippen MR) is 64.0 cm³/mol. The Hall–Kier alpha value is -1.82. The van der Waals surface area contributed by atoms with Gasteiger partial charge in [-0.05, 0) is 19.4 Å². The van der Waals surface area contributed by atoms with Crippen LogP contribution in [0.25, 0.3) is 10.8 Å². The van der Waals surface area contributed by atoms with Crippen molar-refractivity contribution in [1.29, 1.82) is 0 Å². The Kier molecular flexibility index (Phi) is 3.14. The predicted octanol–water partition coefficient (Wildman–Crippen LogP) is 2.00. The van der Waals surface area contributed by atoms with Crippen LogP contribution < -0.4 is 0 Å². The lowest BCUT2D eigenvalue weighted by atomic mass is 10.4. The minimum atomic E-state index is -0.433. The number of ether oxygens (including phenoxy) is 1. The van der Waals surface area contributed by atoms with Crippen LogP contribution in [0.1, 0.15) is 20.9 Å². The maximum absolute atomic E-state index is 11.4. The molecule has 0 saturated heterocycles. The first-order valence-electron chi connectivity index (χ1n) is 4.96. The van der Waals surface area contributed by atoms with Crippen molar-refractivity contribution in [3.8, 4) is 10.8 Å². The molecule has 0 unspecified atom stereocenters. The fourth-order valence-electron chi connectivity index (χ4n) is 1.28. The quantitative estimate of drug-likeness (QED) is 0.762. The van der Waals surface area contributed by atoms with Gasteiger partial charge in [-0.25, -0.2) is 19.7 Å². The Labute approximate surface area is 103 Å². The van der Waals surface area contributed by atoms with Gasteiger partial charge in [-0.3, -0.25) is 0 Å². The summed E-state index contributed by atoms with van der Waals surface area (Å²) in [4.78, 5) is 24.8. The van der Waals surface area contributed by atoms with Crippen molar-refractivity contribution < 1.29 is 9.53 Å². The summed E-state index contributed by atoms with van der Waals surface area (Å²) in [7, 11) is 1.34. The van der Waals surface area contributed by atoms with Crippen LogP contribution in [0.5, 0.6) is 0 Å². The molecule has 2 aromatic heterocycles. The van der Waals surface area contributed by atoms with Gasteiger partial charge in [0.25, 0.3) is 0 Å².